The van der Waals surface area contributed by atoms with Crippen LogP contribution >= 0.6 is 23.7 Å². The summed E-state index contributed by atoms with van der Waals surface area (Å²) in [4.78, 5) is 8.35. The fourth-order valence-corrected chi connectivity index (χ4v) is 3.99. The molecule has 1 aliphatic heterocycles. The van der Waals surface area contributed by atoms with Gasteiger partial charge in [0.1, 0.15) is 5.75 Å². The van der Waals surface area contributed by atoms with E-state index in [1.165, 1.54) is 24.1 Å². The highest BCUT2D eigenvalue weighted by molar-refractivity contribution is 7.15. The van der Waals surface area contributed by atoms with Crippen LogP contribution in [0.25, 0.3) is 0 Å². The first kappa shape index (κ1) is 20.9. The predicted molar refractivity (Wildman–Crippen MR) is 104 cm³/mol. The number of hydrogen-bond acceptors (Lipinski definition) is 5. The minimum Gasteiger partial charge on any atom is -0.435 e. The fraction of sp³-hybridized carbons (Fsp3) is 0.500. The molecule has 2 aromatic rings. The Kier molecular flexibility index (Phi) is 8.06. The molecule has 0 amide bonds. The molecule has 1 aromatic heterocycles. The summed E-state index contributed by atoms with van der Waals surface area (Å²) in [5.74, 6) is 0.184. The summed E-state index contributed by atoms with van der Waals surface area (Å²) < 4.78 is 28.6. The second-order valence-electron chi connectivity index (χ2n) is 6.18. The average molecular weight is 404 g/mol. The third-order valence-electron chi connectivity index (χ3n) is 4.27. The topological polar surface area (TPSA) is 37.4 Å². The van der Waals surface area contributed by atoms with Crippen molar-refractivity contribution in [3.8, 4) is 5.75 Å². The van der Waals surface area contributed by atoms with E-state index in [9.17, 15) is 8.78 Å². The molecule has 4 nitrogen and oxygen atoms in total. The van der Waals surface area contributed by atoms with Gasteiger partial charge in [-0.05, 0) is 43.9 Å². The van der Waals surface area contributed by atoms with E-state index in [1.807, 2.05) is 0 Å². The molecule has 2 heterocycles. The lowest BCUT2D eigenvalue weighted by Crippen LogP contribution is -2.29. The number of rotatable bonds is 7. The van der Waals surface area contributed by atoms with Gasteiger partial charge in [-0.1, -0.05) is 12.1 Å². The van der Waals surface area contributed by atoms with Crippen LogP contribution in [0.5, 0.6) is 5.75 Å². The molecule has 144 valence electrons. The quantitative estimate of drug-likeness (QED) is 0.723. The normalized spacial score (nSPS) is 14.4. The molecule has 1 saturated heterocycles. The molecule has 3 rings (SSSR count). The van der Waals surface area contributed by atoms with Crippen molar-refractivity contribution in [2.75, 3.05) is 18.0 Å². The molecule has 26 heavy (non-hydrogen) atoms. The van der Waals surface area contributed by atoms with Gasteiger partial charge in [0.15, 0.2) is 5.13 Å². The molecule has 0 radical (unpaired) electrons. The summed E-state index contributed by atoms with van der Waals surface area (Å²) >= 11 is 1.76. The van der Waals surface area contributed by atoms with Crippen LogP contribution in [-0.2, 0) is 13.1 Å². The van der Waals surface area contributed by atoms with Crippen LogP contribution in [0.1, 0.15) is 35.4 Å². The van der Waals surface area contributed by atoms with Gasteiger partial charge in [-0.2, -0.15) is 8.78 Å². The maximum atomic E-state index is 12.1. The smallest absolute Gasteiger partial charge is 0.387 e. The Hall–Kier alpha value is -1.44. The second-order valence-corrected chi connectivity index (χ2v) is 7.24. The van der Waals surface area contributed by atoms with Crippen LogP contribution in [0.15, 0.2) is 24.3 Å². The van der Waals surface area contributed by atoms with Gasteiger partial charge in [-0.3, -0.25) is 0 Å². The molecule has 1 N–H and O–H groups in total. The summed E-state index contributed by atoms with van der Waals surface area (Å²) in [6.45, 7) is 2.90. The van der Waals surface area contributed by atoms with Gasteiger partial charge in [0, 0.05) is 31.1 Å². The van der Waals surface area contributed by atoms with Crippen molar-refractivity contribution in [1.29, 1.82) is 0 Å². The lowest BCUT2D eigenvalue weighted by atomic mass is 10.1. The van der Waals surface area contributed by atoms with Crippen LogP contribution in [0.2, 0.25) is 0 Å². The number of nitrogens with one attached hydrogen (secondary N) is 1. The molecule has 1 fully saturated rings. The number of halogens is 3. The number of thiazole rings is 1. The fourth-order valence-electron chi connectivity index (χ4n) is 2.91. The second kappa shape index (κ2) is 10.0. The third kappa shape index (κ3) is 5.79. The van der Waals surface area contributed by atoms with Crippen molar-refractivity contribution in [1.82, 2.24) is 10.3 Å². The summed E-state index contributed by atoms with van der Waals surface area (Å²) in [5.41, 5.74) is 2.11. The van der Waals surface area contributed by atoms with Gasteiger partial charge >= 0.3 is 6.61 Å². The Balaban J connectivity index is 0.00000243. The predicted octanol–water partition coefficient (Wildman–Crippen LogP) is 4.75. The molecule has 0 aliphatic carbocycles. The molecule has 0 unspecified atom stereocenters. The van der Waals surface area contributed by atoms with Crippen molar-refractivity contribution >= 4 is 28.9 Å². The molecule has 1 aromatic carbocycles. The van der Waals surface area contributed by atoms with E-state index in [0.717, 1.165) is 36.0 Å². The van der Waals surface area contributed by atoms with Crippen LogP contribution < -0.4 is 15.0 Å². The van der Waals surface area contributed by atoms with E-state index >= 15 is 0 Å². The number of aromatic nitrogens is 1. The summed E-state index contributed by atoms with van der Waals surface area (Å²) in [6, 6.07) is 6.72. The Morgan fingerprint density at radius 1 is 1.15 bits per heavy atom. The lowest BCUT2D eigenvalue weighted by Gasteiger charge is -2.25. The largest absolute Gasteiger partial charge is 0.435 e. The van der Waals surface area contributed by atoms with Gasteiger partial charge in [0.25, 0.3) is 0 Å². The van der Waals surface area contributed by atoms with E-state index < -0.39 is 6.61 Å². The van der Waals surface area contributed by atoms with Gasteiger partial charge < -0.3 is 15.0 Å². The minimum atomic E-state index is -2.78. The highest BCUT2D eigenvalue weighted by atomic mass is 35.5. The number of benzene rings is 1. The van der Waals surface area contributed by atoms with Crippen LogP contribution in [0.4, 0.5) is 13.9 Å². The Morgan fingerprint density at radius 2 is 1.85 bits per heavy atom. The maximum Gasteiger partial charge on any atom is 0.387 e. The van der Waals surface area contributed by atoms with Crippen molar-refractivity contribution in [2.24, 2.45) is 0 Å². The number of hydrogen-bond donors (Lipinski definition) is 1. The summed E-state index contributed by atoms with van der Waals surface area (Å²) in [6.07, 6.45) is 3.81. The van der Waals surface area contributed by atoms with Crippen LogP contribution in [0.3, 0.4) is 0 Å². The Labute approximate surface area is 163 Å². The molecular formula is C18H24ClF2N3OS. The molecule has 1 aliphatic rings. The minimum absolute atomic E-state index is 0. The zero-order valence-corrected chi connectivity index (χ0v) is 16.3. The molecule has 0 atom stereocenters. The third-order valence-corrected chi connectivity index (χ3v) is 5.49. The van der Waals surface area contributed by atoms with E-state index in [0.29, 0.717) is 6.54 Å². The van der Waals surface area contributed by atoms with Crippen molar-refractivity contribution in [2.45, 2.75) is 45.9 Å². The number of anilines is 1. The molecule has 0 bridgehead atoms. The molecule has 0 spiro atoms. The zero-order valence-electron chi connectivity index (χ0n) is 14.7. The SMILES string of the molecule is Cc1nc(N2CCCCC2)sc1CNCc1ccc(OC(F)F)cc1.Cl. The molecule has 0 saturated carbocycles. The Morgan fingerprint density at radius 3 is 2.50 bits per heavy atom. The van der Waals surface area contributed by atoms with E-state index in [4.69, 9.17) is 4.98 Å². The highest BCUT2D eigenvalue weighted by Crippen LogP contribution is 2.28. The van der Waals surface area contributed by atoms with Gasteiger partial charge in [0.2, 0.25) is 0 Å². The van der Waals surface area contributed by atoms with Crippen molar-refractivity contribution in [3.63, 3.8) is 0 Å². The first-order valence-corrected chi connectivity index (χ1v) is 9.39. The first-order chi connectivity index (χ1) is 12.1. The maximum absolute atomic E-state index is 12.1. The number of ether oxygens (including phenoxy) is 1. The standard InChI is InChI=1S/C18H23F2N3OS.ClH/c1-13-16(25-18(22-13)23-9-3-2-4-10-23)12-21-11-14-5-7-15(8-6-14)24-17(19)20;/h5-8,17,21H,2-4,9-12H2,1H3;1H. The molecular weight excluding hydrogens is 380 g/mol. The number of aryl methyl sites for hydroxylation is 1. The van der Waals surface area contributed by atoms with E-state index in [-0.39, 0.29) is 18.2 Å². The van der Waals surface area contributed by atoms with Crippen molar-refractivity contribution in [3.05, 3.63) is 40.4 Å². The monoisotopic (exact) mass is 403 g/mol. The van der Waals surface area contributed by atoms with Crippen LogP contribution in [0, 0.1) is 6.92 Å². The average Bonchev–Trinajstić information content (AvgIpc) is 2.98. The number of nitrogens with zero attached hydrogens (tertiary/aromatic N) is 2. The van der Waals surface area contributed by atoms with Gasteiger partial charge in [-0.15, -0.1) is 23.7 Å². The zero-order chi connectivity index (χ0) is 17.6. The Bertz CT molecular complexity index is 676. The van der Waals surface area contributed by atoms with Gasteiger partial charge in [-0.25, -0.2) is 4.98 Å². The lowest BCUT2D eigenvalue weighted by molar-refractivity contribution is -0.0498. The van der Waals surface area contributed by atoms with Crippen molar-refractivity contribution < 1.29 is 13.5 Å². The summed E-state index contributed by atoms with van der Waals surface area (Å²) in [5, 5.41) is 4.53. The highest BCUT2D eigenvalue weighted by Gasteiger charge is 2.16. The number of piperidine rings is 1. The summed E-state index contributed by atoms with van der Waals surface area (Å²) in [7, 11) is 0. The molecule has 8 heteroatoms. The van der Waals surface area contributed by atoms with E-state index in [1.54, 1.807) is 35.6 Å². The number of alkyl halides is 2. The van der Waals surface area contributed by atoms with Crippen LogP contribution in [-0.4, -0.2) is 24.7 Å². The van der Waals surface area contributed by atoms with Gasteiger partial charge in [0.05, 0.1) is 5.69 Å². The first-order valence-electron chi connectivity index (χ1n) is 8.57. The van der Waals surface area contributed by atoms with E-state index in [2.05, 4.69) is 21.9 Å².